The van der Waals surface area contributed by atoms with Crippen LogP contribution in [0.2, 0.25) is 0 Å². The number of esters is 1. The van der Waals surface area contributed by atoms with Crippen LogP contribution in [-0.4, -0.2) is 42.3 Å². The van der Waals surface area contributed by atoms with Gasteiger partial charge in [0, 0.05) is 25.6 Å². The number of nitrogens with zero attached hydrogens (tertiary/aromatic N) is 1. The molecule has 0 bridgehead atoms. The van der Waals surface area contributed by atoms with Crippen molar-refractivity contribution in [3.63, 3.8) is 0 Å². The van der Waals surface area contributed by atoms with Gasteiger partial charge in [0.15, 0.2) is 0 Å². The molecule has 0 radical (unpaired) electrons. The number of aliphatic hydroxyl groups excluding tert-OH is 1. The van der Waals surface area contributed by atoms with Gasteiger partial charge in [-0.1, -0.05) is 30.3 Å². The van der Waals surface area contributed by atoms with Gasteiger partial charge in [0.05, 0.1) is 13.7 Å². The summed E-state index contributed by atoms with van der Waals surface area (Å²) in [6.07, 6.45) is 6.11. The third-order valence-electron chi connectivity index (χ3n) is 4.93. The molecule has 0 amide bonds. The van der Waals surface area contributed by atoms with Crippen LogP contribution in [0, 0.1) is 5.92 Å². The van der Waals surface area contributed by atoms with E-state index < -0.39 is 0 Å². The maximum absolute atomic E-state index is 11.3. The largest absolute Gasteiger partial charge is 0.469 e. The van der Waals surface area contributed by atoms with Crippen LogP contribution in [0.5, 0.6) is 0 Å². The minimum Gasteiger partial charge on any atom is -0.469 e. The molecular formula is C19H29NO3. The molecular weight excluding hydrogens is 290 g/mol. The molecule has 0 atom stereocenters. The van der Waals surface area contributed by atoms with Crippen molar-refractivity contribution in [3.8, 4) is 0 Å². The van der Waals surface area contributed by atoms with E-state index in [1.165, 1.54) is 25.5 Å². The first-order chi connectivity index (χ1) is 11.2. The SMILES string of the molecule is COC(=O)CC[C@H]1CC[C@H](N(CCO)Cc2ccccc2)CC1. The molecule has 1 aromatic rings. The Labute approximate surface area is 139 Å². The molecule has 1 aromatic carbocycles. The lowest BCUT2D eigenvalue weighted by Crippen LogP contribution is -2.39. The minimum absolute atomic E-state index is 0.0990. The predicted octanol–water partition coefficient (Wildman–Crippen LogP) is 2.99. The maximum atomic E-state index is 11.3. The highest BCUT2D eigenvalue weighted by atomic mass is 16.5. The van der Waals surface area contributed by atoms with Gasteiger partial charge in [0.1, 0.15) is 0 Å². The smallest absolute Gasteiger partial charge is 0.305 e. The normalized spacial score (nSPS) is 21.3. The molecule has 1 fully saturated rings. The van der Waals surface area contributed by atoms with Gasteiger partial charge < -0.3 is 9.84 Å². The van der Waals surface area contributed by atoms with Crippen LogP contribution in [0.4, 0.5) is 0 Å². The molecule has 1 aliphatic rings. The number of carbonyl (C=O) groups is 1. The first-order valence-corrected chi connectivity index (χ1v) is 8.68. The van der Waals surface area contributed by atoms with E-state index in [0.717, 1.165) is 32.4 Å². The van der Waals surface area contributed by atoms with E-state index in [2.05, 4.69) is 29.2 Å². The standard InChI is InChI=1S/C19H29NO3/c1-23-19(22)12-9-16-7-10-18(11-8-16)20(13-14-21)15-17-5-3-2-4-6-17/h2-6,16,18,21H,7-15H2,1H3/t16-,18-. The summed E-state index contributed by atoms with van der Waals surface area (Å²) in [6, 6.07) is 11.0. The molecule has 0 spiro atoms. The maximum Gasteiger partial charge on any atom is 0.305 e. The van der Waals surface area contributed by atoms with Crippen molar-refractivity contribution in [2.24, 2.45) is 5.92 Å². The van der Waals surface area contributed by atoms with Crippen LogP contribution in [0.25, 0.3) is 0 Å². The molecule has 4 heteroatoms. The summed E-state index contributed by atoms with van der Waals surface area (Å²) in [5.41, 5.74) is 1.30. The summed E-state index contributed by atoms with van der Waals surface area (Å²) in [5, 5.41) is 9.38. The molecule has 128 valence electrons. The highest BCUT2D eigenvalue weighted by Crippen LogP contribution is 2.31. The Bertz CT molecular complexity index is 455. The van der Waals surface area contributed by atoms with Crippen molar-refractivity contribution in [3.05, 3.63) is 35.9 Å². The van der Waals surface area contributed by atoms with Gasteiger partial charge in [-0.3, -0.25) is 9.69 Å². The van der Waals surface area contributed by atoms with E-state index in [1.807, 2.05) is 6.07 Å². The van der Waals surface area contributed by atoms with Gasteiger partial charge in [-0.15, -0.1) is 0 Å². The fourth-order valence-electron chi connectivity index (χ4n) is 3.56. The zero-order valence-electron chi connectivity index (χ0n) is 14.1. The van der Waals surface area contributed by atoms with E-state index >= 15 is 0 Å². The van der Waals surface area contributed by atoms with Gasteiger partial charge >= 0.3 is 5.97 Å². The lowest BCUT2D eigenvalue weighted by atomic mass is 9.82. The molecule has 1 saturated carbocycles. The highest BCUT2D eigenvalue weighted by molar-refractivity contribution is 5.69. The summed E-state index contributed by atoms with van der Waals surface area (Å²) in [4.78, 5) is 13.7. The van der Waals surface area contributed by atoms with Crippen LogP contribution in [0.1, 0.15) is 44.1 Å². The second kappa shape index (κ2) is 9.68. The van der Waals surface area contributed by atoms with Gasteiger partial charge in [0.2, 0.25) is 0 Å². The highest BCUT2D eigenvalue weighted by Gasteiger charge is 2.26. The number of carbonyl (C=O) groups excluding carboxylic acids is 1. The van der Waals surface area contributed by atoms with Crippen LogP contribution < -0.4 is 0 Å². The quantitative estimate of drug-likeness (QED) is 0.748. The van der Waals surface area contributed by atoms with Crippen molar-refractivity contribution in [2.75, 3.05) is 20.3 Å². The number of hydrogen-bond donors (Lipinski definition) is 1. The van der Waals surface area contributed by atoms with Crippen LogP contribution in [-0.2, 0) is 16.1 Å². The van der Waals surface area contributed by atoms with Gasteiger partial charge in [-0.2, -0.15) is 0 Å². The number of ether oxygens (including phenoxy) is 1. The molecule has 0 heterocycles. The summed E-state index contributed by atoms with van der Waals surface area (Å²) in [6.45, 7) is 1.83. The Kier molecular flexibility index (Phi) is 7.56. The lowest BCUT2D eigenvalue weighted by Gasteiger charge is -2.36. The molecule has 1 N–H and O–H groups in total. The van der Waals surface area contributed by atoms with Crippen LogP contribution in [0.3, 0.4) is 0 Å². The number of methoxy groups -OCH3 is 1. The van der Waals surface area contributed by atoms with Crippen molar-refractivity contribution in [1.29, 1.82) is 0 Å². The van der Waals surface area contributed by atoms with E-state index in [4.69, 9.17) is 4.74 Å². The Morgan fingerprint density at radius 1 is 1.22 bits per heavy atom. The zero-order chi connectivity index (χ0) is 16.5. The molecule has 0 saturated heterocycles. The molecule has 23 heavy (non-hydrogen) atoms. The molecule has 1 aliphatic carbocycles. The second-order valence-electron chi connectivity index (χ2n) is 6.47. The van der Waals surface area contributed by atoms with Crippen molar-refractivity contribution in [2.45, 2.75) is 51.1 Å². The lowest BCUT2D eigenvalue weighted by molar-refractivity contribution is -0.141. The third-order valence-corrected chi connectivity index (χ3v) is 4.93. The molecule has 0 aliphatic heterocycles. The molecule has 0 aromatic heterocycles. The Morgan fingerprint density at radius 2 is 1.91 bits per heavy atom. The van der Waals surface area contributed by atoms with Gasteiger partial charge in [0.25, 0.3) is 0 Å². The molecule has 0 unspecified atom stereocenters. The number of benzene rings is 1. The monoisotopic (exact) mass is 319 g/mol. The number of aliphatic hydroxyl groups is 1. The first-order valence-electron chi connectivity index (χ1n) is 8.68. The summed E-state index contributed by atoms with van der Waals surface area (Å²) in [7, 11) is 1.45. The van der Waals surface area contributed by atoms with Crippen molar-refractivity contribution in [1.82, 2.24) is 4.90 Å². The second-order valence-corrected chi connectivity index (χ2v) is 6.47. The van der Waals surface area contributed by atoms with Crippen LogP contribution >= 0.6 is 0 Å². The van der Waals surface area contributed by atoms with Gasteiger partial charge in [-0.05, 0) is 43.6 Å². The van der Waals surface area contributed by atoms with E-state index in [1.54, 1.807) is 0 Å². The van der Waals surface area contributed by atoms with Crippen molar-refractivity contribution >= 4 is 5.97 Å². The first kappa shape index (κ1) is 18.0. The Morgan fingerprint density at radius 3 is 2.52 bits per heavy atom. The number of hydrogen-bond acceptors (Lipinski definition) is 4. The zero-order valence-corrected chi connectivity index (χ0v) is 14.1. The Hall–Kier alpha value is -1.39. The number of rotatable bonds is 8. The van der Waals surface area contributed by atoms with E-state index in [9.17, 15) is 9.90 Å². The van der Waals surface area contributed by atoms with Crippen molar-refractivity contribution < 1.29 is 14.6 Å². The van der Waals surface area contributed by atoms with E-state index in [0.29, 0.717) is 18.4 Å². The molecule has 2 rings (SSSR count). The average Bonchev–Trinajstić information content (AvgIpc) is 2.60. The van der Waals surface area contributed by atoms with Gasteiger partial charge in [-0.25, -0.2) is 0 Å². The Balaban J connectivity index is 1.81. The average molecular weight is 319 g/mol. The topological polar surface area (TPSA) is 49.8 Å². The fourth-order valence-corrected chi connectivity index (χ4v) is 3.56. The van der Waals surface area contributed by atoms with Crippen LogP contribution in [0.15, 0.2) is 30.3 Å². The minimum atomic E-state index is -0.0990. The predicted molar refractivity (Wildman–Crippen MR) is 90.9 cm³/mol. The summed E-state index contributed by atoms with van der Waals surface area (Å²) in [5.74, 6) is 0.538. The third kappa shape index (κ3) is 5.96. The van der Waals surface area contributed by atoms with E-state index in [-0.39, 0.29) is 12.6 Å². The molecule has 4 nitrogen and oxygen atoms in total. The fraction of sp³-hybridized carbons (Fsp3) is 0.632. The summed E-state index contributed by atoms with van der Waals surface area (Å²) >= 11 is 0. The summed E-state index contributed by atoms with van der Waals surface area (Å²) < 4.78 is 4.72.